The van der Waals surface area contributed by atoms with Crippen molar-refractivity contribution in [2.45, 2.75) is 25.5 Å². The molecule has 2 atom stereocenters. The topological polar surface area (TPSA) is 29.5 Å². The minimum atomic E-state index is -0.403. The van der Waals surface area contributed by atoms with Gasteiger partial charge in [-0.1, -0.05) is 6.58 Å². The Hall–Kier alpha value is -0.540. The lowest BCUT2D eigenvalue weighted by Crippen LogP contribution is -2.35. The third-order valence-electron chi connectivity index (χ3n) is 1.52. The number of hydrogen-bond donors (Lipinski definition) is 0. The molecule has 0 fully saturated rings. The van der Waals surface area contributed by atoms with Gasteiger partial charge in [0.25, 0.3) is 0 Å². The van der Waals surface area contributed by atoms with Gasteiger partial charge in [-0.2, -0.15) is 0 Å². The average molecular weight is 206 g/mol. The monoisotopic (exact) mass is 205 g/mol. The van der Waals surface area contributed by atoms with E-state index in [9.17, 15) is 4.79 Å². The molecule has 2 unspecified atom stereocenters. The Morgan fingerprint density at radius 1 is 1.54 bits per heavy atom. The molecule has 0 N–H and O–H groups in total. The summed E-state index contributed by atoms with van der Waals surface area (Å²) in [5.74, 6) is -0.403. The van der Waals surface area contributed by atoms with E-state index in [1.54, 1.807) is 18.7 Å². The first kappa shape index (κ1) is 12.5. The predicted molar refractivity (Wildman–Crippen MR) is 53.7 cm³/mol. The number of rotatable bonds is 4. The zero-order valence-electron chi connectivity index (χ0n) is 8.50. The highest BCUT2D eigenvalue weighted by molar-refractivity contribution is 6.20. The van der Waals surface area contributed by atoms with Gasteiger partial charge in [0, 0.05) is 5.57 Å². The van der Waals surface area contributed by atoms with Gasteiger partial charge in [-0.15, -0.1) is 11.6 Å². The molecule has 0 bridgehead atoms. The predicted octanol–water partition coefficient (Wildman–Crippen LogP) is 1.62. The second-order valence-electron chi connectivity index (χ2n) is 3.23. The number of likely N-dealkylation sites (N-methyl/N-ethyl adjacent to an activating group) is 1. The van der Waals surface area contributed by atoms with E-state index in [2.05, 4.69) is 6.58 Å². The van der Waals surface area contributed by atoms with Gasteiger partial charge < -0.3 is 4.74 Å². The molecular weight excluding hydrogens is 190 g/mol. The first-order chi connectivity index (χ1) is 5.86. The van der Waals surface area contributed by atoms with Crippen LogP contribution in [0.3, 0.4) is 0 Å². The fraction of sp³-hybridized carbons (Fsp3) is 0.667. The number of alkyl halides is 1. The van der Waals surface area contributed by atoms with Gasteiger partial charge in [0.2, 0.25) is 0 Å². The molecule has 0 saturated heterocycles. The molecule has 3 nitrogen and oxygen atoms in total. The highest BCUT2D eigenvalue weighted by atomic mass is 35.5. The Morgan fingerprint density at radius 3 is 2.31 bits per heavy atom. The summed E-state index contributed by atoms with van der Waals surface area (Å²) < 4.78 is 5.02. The van der Waals surface area contributed by atoms with Crippen LogP contribution in [-0.2, 0) is 9.53 Å². The second-order valence-corrected chi connectivity index (χ2v) is 3.67. The van der Waals surface area contributed by atoms with Crippen LogP contribution in [0.1, 0.15) is 13.8 Å². The summed E-state index contributed by atoms with van der Waals surface area (Å²) in [5.41, 5.74) is 0.0674. The van der Waals surface area contributed by atoms with Crippen molar-refractivity contribution >= 4 is 17.6 Å². The van der Waals surface area contributed by atoms with Gasteiger partial charge in [0.15, 0.2) is 0 Å². The van der Waals surface area contributed by atoms with Gasteiger partial charge in [-0.3, -0.25) is 4.90 Å². The summed E-state index contributed by atoms with van der Waals surface area (Å²) in [6, 6.07) is 0. The summed E-state index contributed by atoms with van der Waals surface area (Å²) >= 11 is 5.93. The second kappa shape index (κ2) is 5.25. The van der Waals surface area contributed by atoms with E-state index < -0.39 is 5.97 Å². The smallest absolute Gasteiger partial charge is 0.333 e. The van der Waals surface area contributed by atoms with Crippen LogP contribution in [0, 0.1) is 0 Å². The number of esters is 1. The van der Waals surface area contributed by atoms with E-state index in [0.717, 1.165) is 0 Å². The Labute approximate surface area is 84.3 Å². The van der Waals surface area contributed by atoms with Crippen molar-refractivity contribution in [3.63, 3.8) is 0 Å². The van der Waals surface area contributed by atoms with E-state index >= 15 is 0 Å². The Morgan fingerprint density at radius 2 is 2.00 bits per heavy atom. The number of halogens is 1. The number of carbonyl (C=O) groups excluding carboxylic acids is 1. The van der Waals surface area contributed by atoms with Crippen molar-refractivity contribution in [3.05, 3.63) is 12.2 Å². The van der Waals surface area contributed by atoms with E-state index in [-0.39, 0.29) is 11.6 Å². The SMILES string of the molecule is C=C(C)C(=O)OC(C)C(Cl)N(C)C. The molecule has 0 aromatic carbocycles. The molecule has 0 rings (SSSR count). The van der Waals surface area contributed by atoms with E-state index in [1.165, 1.54) is 0 Å². The van der Waals surface area contributed by atoms with Crippen LogP contribution in [0.15, 0.2) is 12.2 Å². The third kappa shape index (κ3) is 4.29. The molecule has 13 heavy (non-hydrogen) atoms. The first-order valence-corrected chi connectivity index (χ1v) is 4.47. The molecule has 0 aliphatic carbocycles. The lowest BCUT2D eigenvalue weighted by molar-refractivity contribution is -0.144. The van der Waals surface area contributed by atoms with Crippen molar-refractivity contribution in [3.8, 4) is 0 Å². The van der Waals surface area contributed by atoms with Gasteiger partial charge >= 0.3 is 5.97 Å². The fourth-order valence-electron chi connectivity index (χ4n) is 0.745. The minimum absolute atomic E-state index is 0.316. The van der Waals surface area contributed by atoms with Crippen LogP contribution >= 0.6 is 11.6 Å². The molecule has 0 saturated carbocycles. The lowest BCUT2D eigenvalue weighted by Gasteiger charge is -2.24. The largest absolute Gasteiger partial charge is 0.456 e. The van der Waals surface area contributed by atoms with Crippen molar-refractivity contribution in [2.75, 3.05) is 14.1 Å². The van der Waals surface area contributed by atoms with Gasteiger partial charge in [-0.05, 0) is 27.9 Å². The van der Waals surface area contributed by atoms with E-state index in [0.29, 0.717) is 5.57 Å². The van der Waals surface area contributed by atoms with Crippen molar-refractivity contribution in [1.82, 2.24) is 4.90 Å². The van der Waals surface area contributed by atoms with Gasteiger partial charge in [0.1, 0.15) is 11.6 Å². The Kier molecular flexibility index (Phi) is 5.03. The summed E-state index contributed by atoms with van der Waals surface area (Å²) in [4.78, 5) is 12.9. The minimum Gasteiger partial charge on any atom is -0.456 e. The molecule has 76 valence electrons. The van der Waals surface area contributed by atoms with Crippen molar-refractivity contribution in [1.29, 1.82) is 0 Å². The molecule has 0 aliphatic heterocycles. The van der Waals surface area contributed by atoms with Crippen molar-refractivity contribution < 1.29 is 9.53 Å². The van der Waals surface area contributed by atoms with Crippen LogP contribution in [0.5, 0.6) is 0 Å². The Balaban J connectivity index is 4.07. The maximum atomic E-state index is 11.1. The number of nitrogens with zero attached hydrogens (tertiary/aromatic N) is 1. The molecule has 0 aromatic rings. The molecule has 0 radical (unpaired) electrons. The molecule has 0 spiro atoms. The molecule has 0 heterocycles. The van der Waals surface area contributed by atoms with Gasteiger partial charge in [-0.25, -0.2) is 4.79 Å². The average Bonchev–Trinajstić information content (AvgIpc) is 2.02. The zero-order valence-corrected chi connectivity index (χ0v) is 9.26. The standard InChI is InChI=1S/C9H16ClNO2/c1-6(2)9(12)13-7(3)8(10)11(4)5/h7-8H,1H2,2-5H3. The summed E-state index contributed by atoms with van der Waals surface area (Å²) in [6.45, 7) is 6.83. The van der Waals surface area contributed by atoms with Crippen LogP contribution in [-0.4, -0.2) is 36.6 Å². The first-order valence-electron chi connectivity index (χ1n) is 4.03. The van der Waals surface area contributed by atoms with Crippen LogP contribution in [0.4, 0.5) is 0 Å². The number of hydrogen-bond acceptors (Lipinski definition) is 3. The molecule has 0 aliphatic rings. The Bertz CT molecular complexity index is 204. The quantitative estimate of drug-likeness (QED) is 0.302. The van der Waals surface area contributed by atoms with Gasteiger partial charge in [0.05, 0.1) is 0 Å². The fourth-order valence-corrected chi connectivity index (χ4v) is 0.797. The number of ether oxygens (including phenoxy) is 1. The highest BCUT2D eigenvalue weighted by Crippen LogP contribution is 2.10. The van der Waals surface area contributed by atoms with Crippen LogP contribution in [0.25, 0.3) is 0 Å². The van der Waals surface area contributed by atoms with Crippen molar-refractivity contribution in [2.24, 2.45) is 0 Å². The summed E-state index contributed by atoms with van der Waals surface area (Å²) in [6.07, 6.45) is -0.346. The summed E-state index contributed by atoms with van der Waals surface area (Å²) in [5, 5.41) is 0. The third-order valence-corrected chi connectivity index (χ3v) is 2.27. The van der Waals surface area contributed by atoms with E-state index in [1.807, 2.05) is 14.1 Å². The summed E-state index contributed by atoms with van der Waals surface area (Å²) in [7, 11) is 3.64. The molecule has 0 aromatic heterocycles. The van der Waals surface area contributed by atoms with E-state index in [4.69, 9.17) is 16.3 Å². The molecular formula is C9H16ClNO2. The lowest BCUT2D eigenvalue weighted by atomic mass is 10.3. The van der Waals surface area contributed by atoms with Crippen LogP contribution < -0.4 is 0 Å². The molecule has 0 amide bonds. The normalized spacial score (nSPS) is 15.2. The zero-order chi connectivity index (χ0) is 10.6. The highest BCUT2D eigenvalue weighted by Gasteiger charge is 2.20. The molecule has 4 heteroatoms. The van der Waals surface area contributed by atoms with Crippen LogP contribution in [0.2, 0.25) is 0 Å². The maximum absolute atomic E-state index is 11.1. The maximum Gasteiger partial charge on any atom is 0.333 e. The number of carbonyl (C=O) groups is 1.